The summed E-state index contributed by atoms with van der Waals surface area (Å²) >= 11 is 0. The summed E-state index contributed by atoms with van der Waals surface area (Å²) in [6, 6.07) is 8.48. The molecule has 1 aromatic carbocycles. The van der Waals surface area contributed by atoms with Crippen LogP contribution in [0.25, 0.3) is 0 Å². The molecule has 1 unspecified atom stereocenters. The van der Waals surface area contributed by atoms with Crippen LogP contribution in [0.3, 0.4) is 0 Å². The second-order valence-electron chi connectivity index (χ2n) is 6.24. The van der Waals surface area contributed by atoms with Gasteiger partial charge in [-0.15, -0.1) is 0 Å². The minimum atomic E-state index is -0.634. The molecule has 2 rings (SSSR count). The van der Waals surface area contributed by atoms with Gasteiger partial charge in [-0.3, -0.25) is 4.79 Å². The Morgan fingerprint density at radius 1 is 1.25 bits per heavy atom. The van der Waals surface area contributed by atoms with Crippen molar-refractivity contribution in [2.45, 2.75) is 57.4 Å². The molecular formula is C17H26N2O. The molecule has 1 aliphatic rings. The predicted molar refractivity (Wildman–Crippen MR) is 82.6 cm³/mol. The average molecular weight is 274 g/mol. The Bertz CT molecular complexity index is 447. The first kappa shape index (κ1) is 15.0. The summed E-state index contributed by atoms with van der Waals surface area (Å²) in [4.78, 5) is 12.3. The molecule has 1 aliphatic carbocycles. The van der Waals surface area contributed by atoms with E-state index in [1.165, 1.54) is 17.5 Å². The van der Waals surface area contributed by atoms with E-state index in [1.54, 1.807) is 0 Å². The van der Waals surface area contributed by atoms with Gasteiger partial charge in [0.1, 0.15) is 0 Å². The van der Waals surface area contributed by atoms with Gasteiger partial charge in [0, 0.05) is 6.54 Å². The number of nitrogens with two attached hydrogens (primary N) is 1. The highest BCUT2D eigenvalue weighted by atomic mass is 16.2. The minimum absolute atomic E-state index is 0.0242. The summed E-state index contributed by atoms with van der Waals surface area (Å²) in [5, 5.41) is 3.04. The van der Waals surface area contributed by atoms with Crippen LogP contribution in [0.1, 0.15) is 56.1 Å². The molecule has 0 heterocycles. The van der Waals surface area contributed by atoms with Crippen molar-refractivity contribution in [1.82, 2.24) is 5.32 Å². The Morgan fingerprint density at radius 3 is 2.45 bits per heavy atom. The zero-order valence-electron chi connectivity index (χ0n) is 12.6. The Kier molecular flexibility index (Phi) is 4.81. The van der Waals surface area contributed by atoms with Gasteiger partial charge in [-0.2, -0.15) is 0 Å². The topological polar surface area (TPSA) is 55.1 Å². The highest BCUT2D eigenvalue weighted by Gasteiger charge is 2.35. The summed E-state index contributed by atoms with van der Waals surface area (Å²) in [6.07, 6.45) is 4.97. The van der Waals surface area contributed by atoms with E-state index in [0.717, 1.165) is 25.7 Å². The van der Waals surface area contributed by atoms with E-state index in [0.29, 0.717) is 12.5 Å². The Labute approximate surface area is 121 Å². The molecular weight excluding hydrogens is 248 g/mol. The van der Waals surface area contributed by atoms with Crippen molar-refractivity contribution in [3.8, 4) is 0 Å². The molecule has 0 saturated heterocycles. The third-order valence-corrected chi connectivity index (χ3v) is 4.41. The van der Waals surface area contributed by atoms with E-state index in [-0.39, 0.29) is 5.91 Å². The lowest BCUT2D eigenvalue weighted by Crippen LogP contribution is -2.55. The molecule has 0 spiro atoms. The van der Waals surface area contributed by atoms with Gasteiger partial charge in [0.15, 0.2) is 0 Å². The zero-order valence-corrected chi connectivity index (χ0v) is 12.6. The van der Waals surface area contributed by atoms with Crippen LogP contribution >= 0.6 is 0 Å². The van der Waals surface area contributed by atoms with Crippen molar-refractivity contribution in [3.05, 3.63) is 35.4 Å². The third-order valence-electron chi connectivity index (χ3n) is 4.41. The van der Waals surface area contributed by atoms with Gasteiger partial charge < -0.3 is 11.1 Å². The molecule has 20 heavy (non-hydrogen) atoms. The highest BCUT2D eigenvalue weighted by Crippen LogP contribution is 2.26. The summed E-state index contributed by atoms with van der Waals surface area (Å²) < 4.78 is 0. The van der Waals surface area contributed by atoms with E-state index in [2.05, 4.69) is 43.4 Å². The van der Waals surface area contributed by atoms with Crippen LogP contribution in [0.15, 0.2) is 24.3 Å². The average Bonchev–Trinajstić information content (AvgIpc) is 2.46. The summed E-state index contributed by atoms with van der Waals surface area (Å²) in [7, 11) is 0. The van der Waals surface area contributed by atoms with Gasteiger partial charge in [-0.25, -0.2) is 0 Å². The number of carbonyl (C=O) groups is 1. The van der Waals surface area contributed by atoms with Crippen molar-refractivity contribution < 1.29 is 4.79 Å². The lowest BCUT2D eigenvalue weighted by Gasteiger charge is -2.32. The fraction of sp³-hybridized carbons (Fsp3) is 0.588. The van der Waals surface area contributed by atoms with E-state index in [9.17, 15) is 4.79 Å². The maximum atomic E-state index is 12.3. The fourth-order valence-electron chi connectivity index (χ4n) is 2.84. The number of hydrogen-bond acceptors (Lipinski definition) is 2. The quantitative estimate of drug-likeness (QED) is 0.887. The van der Waals surface area contributed by atoms with Crippen molar-refractivity contribution in [1.29, 1.82) is 0 Å². The predicted octanol–water partition coefficient (Wildman–Crippen LogP) is 2.88. The van der Waals surface area contributed by atoms with Crippen LogP contribution in [0.4, 0.5) is 0 Å². The van der Waals surface area contributed by atoms with Gasteiger partial charge in [0.05, 0.1) is 5.54 Å². The van der Waals surface area contributed by atoms with Crippen molar-refractivity contribution in [2.24, 2.45) is 5.73 Å². The SMILES string of the molecule is Cc1ccc(C(C)CNC(=O)C2(N)CCCCC2)cc1. The first-order chi connectivity index (χ1) is 9.51. The molecule has 1 aromatic rings. The van der Waals surface area contributed by atoms with Gasteiger partial charge >= 0.3 is 0 Å². The summed E-state index contributed by atoms with van der Waals surface area (Å²) in [6.45, 7) is 4.87. The Hall–Kier alpha value is -1.35. The van der Waals surface area contributed by atoms with E-state index >= 15 is 0 Å². The normalized spacial score (nSPS) is 19.4. The maximum absolute atomic E-state index is 12.3. The molecule has 1 saturated carbocycles. The monoisotopic (exact) mass is 274 g/mol. The molecule has 3 N–H and O–H groups in total. The first-order valence-corrected chi connectivity index (χ1v) is 7.65. The Morgan fingerprint density at radius 2 is 1.85 bits per heavy atom. The highest BCUT2D eigenvalue weighted by molar-refractivity contribution is 5.86. The number of aryl methyl sites for hydroxylation is 1. The molecule has 1 amide bonds. The van der Waals surface area contributed by atoms with Crippen molar-refractivity contribution in [3.63, 3.8) is 0 Å². The molecule has 3 heteroatoms. The molecule has 0 radical (unpaired) electrons. The molecule has 0 aromatic heterocycles. The number of hydrogen-bond donors (Lipinski definition) is 2. The molecule has 1 atom stereocenters. The van der Waals surface area contributed by atoms with Crippen molar-refractivity contribution >= 4 is 5.91 Å². The molecule has 110 valence electrons. The number of carbonyl (C=O) groups excluding carboxylic acids is 1. The fourth-order valence-corrected chi connectivity index (χ4v) is 2.84. The van der Waals surface area contributed by atoms with E-state index < -0.39 is 5.54 Å². The smallest absolute Gasteiger partial charge is 0.240 e. The third kappa shape index (κ3) is 3.60. The molecule has 1 fully saturated rings. The lowest BCUT2D eigenvalue weighted by molar-refractivity contribution is -0.127. The van der Waals surface area contributed by atoms with Gasteiger partial charge in [-0.05, 0) is 31.2 Å². The van der Waals surface area contributed by atoms with Crippen LogP contribution < -0.4 is 11.1 Å². The number of benzene rings is 1. The molecule has 0 bridgehead atoms. The van der Waals surface area contributed by atoms with Crippen LogP contribution in [0, 0.1) is 6.92 Å². The van der Waals surface area contributed by atoms with E-state index in [4.69, 9.17) is 5.73 Å². The van der Waals surface area contributed by atoms with E-state index in [1.807, 2.05) is 0 Å². The summed E-state index contributed by atoms with van der Waals surface area (Å²) in [5.74, 6) is 0.336. The second kappa shape index (κ2) is 6.40. The second-order valence-corrected chi connectivity index (χ2v) is 6.24. The van der Waals surface area contributed by atoms with Crippen LogP contribution in [-0.4, -0.2) is 18.0 Å². The lowest BCUT2D eigenvalue weighted by atomic mass is 9.82. The van der Waals surface area contributed by atoms with Crippen LogP contribution in [0.5, 0.6) is 0 Å². The Balaban J connectivity index is 1.88. The molecule has 0 aliphatic heterocycles. The zero-order chi connectivity index (χ0) is 14.6. The van der Waals surface area contributed by atoms with Gasteiger partial charge in [0.2, 0.25) is 5.91 Å². The number of rotatable bonds is 4. The number of nitrogens with one attached hydrogen (secondary N) is 1. The standard InChI is InChI=1S/C17H26N2O/c1-13-6-8-15(9-7-13)14(2)12-19-16(20)17(18)10-4-3-5-11-17/h6-9,14H,3-5,10-12,18H2,1-2H3,(H,19,20). The van der Waals surface area contributed by atoms with Gasteiger partial charge in [-0.1, -0.05) is 56.0 Å². The minimum Gasteiger partial charge on any atom is -0.354 e. The first-order valence-electron chi connectivity index (χ1n) is 7.65. The van der Waals surface area contributed by atoms with Crippen LogP contribution in [-0.2, 0) is 4.79 Å². The van der Waals surface area contributed by atoms with Crippen molar-refractivity contribution in [2.75, 3.05) is 6.54 Å². The molecule has 3 nitrogen and oxygen atoms in total. The maximum Gasteiger partial charge on any atom is 0.240 e. The summed E-state index contributed by atoms with van der Waals surface area (Å²) in [5.41, 5.74) is 8.11. The van der Waals surface area contributed by atoms with Crippen LogP contribution in [0.2, 0.25) is 0 Å². The van der Waals surface area contributed by atoms with Gasteiger partial charge in [0.25, 0.3) is 0 Å². The largest absolute Gasteiger partial charge is 0.354 e. The number of amides is 1.